The van der Waals surface area contributed by atoms with Crippen LogP contribution in [0.4, 0.5) is 0 Å². The largest absolute Gasteiger partial charge is 0.507 e. The molecule has 0 aliphatic heterocycles. The lowest BCUT2D eigenvalue weighted by molar-refractivity contribution is 0.0693. The van der Waals surface area contributed by atoms with Gasteiger partial charge in [-0.1, -0.05) is 80.9 Å². The van der Waals surface area contributed by atoms with Crippen LogP contribution >= 0.6 is 0 Å². The summed E-state index contributed by atoms with van der Waals surface area (Å²) in [5, 5.41) is 20.6. The van der Waals surface area contributed by atoms with Crippen LogP contribution in [0.5, 0.6) is 11.5 Å². The van der Waals surface area contributed by atoms with Gasteiger partial charge in [0.05, 0.1) is 6.61 Å². The summed E-state index contributed by atoms with van der Waals surface area (Å²) in [4.78, 5) is 11.8. The minimum atomic E-state index is -1.16. The van der Waals surface area contributed by atoms with Crippen LogP contribution in [0.2, 0.25) is 0 Å². The molecule has 0 aromatic heterocycles. The van der Waals surface area contributed by atoms with Gasteiger partial charge in [-0.15, -0.1) is 0 Å². The van der Waals surface area contributed by atoms with Gasteiger partial charge in [-0.25, -0.2) is 4.79 Å². The summed E-state index contributed by atoms with van der Waals surface area (Å²) in [6.07, 6.45) is 2.59. The van der Waals surface area contributed by atoms with E-state index in [-0.39, 0.29) is 23.1 Å². The quantitative estimate of drug-likeness (QED) is 0.364. The van der Waals surface area contributed by atoms with Crippen molar-refractivity contribution in [1.29, 1.82) is 0 Å². The number of hydrogen-bond donors (Lipinski definition) is 2. The molecule has 4 nitrogen and oxygen atoms in total. The lowest BCUT2D eigenvalue weighted by atomic mass is 9.81. The SMILES string of the molecule is CCCCOc1cc(C(=O)O)c(O)c(C(CC(C)c2ccccc2)c2ccccc2)c1. The summed E-state index contributed by atoms with van der Waals surface area (Å²) in [6.45, 7) is 4.74. The number of carbonyl (C=O) groups is 1. The molecule has 2 N–H and O–H groups in total. The third-order valence-corrected chi connectivity index (χ3v) is 5.65. The van der Waals surface area contributed by atoms with Crippen LogP contribution in [0.15, 0.2) is 72.8 Å². The highest BCUT2D eigenvalue weighted by atomic mass is 16.5. The monoisotopic (exact) mass is 418 g/mol. The second-order valence-electron chi connectivity index (χ2n) is 7.93. The highest BCUT2D eigenvalue weighted by Gasteiger charge is 2.25. The summed E-state index contributed by atoms with van der Waals surface area (Å²) in [6, 6.07) is 23.4. The number of benzene rings is 3. The molecule has 0 bridgehead atoms. The summed E-state index contributed by atoms with van der Waals surface area (Å²) < 4.78 is 5.83. The Kier molecular flexibility index (Phi) is 7.71. The third kappa shape index (κ3) is 5.66. The zero-order chi connectivity index (χ0) is 22.2. The smallest absolute Gasteiger partial charge is 0.339 e. The Bertz CT molecular complexity index is 983. The molecule has 0 aliphatic rings. The van der Waals surface area contributed by atoms with E-state index in [2.05, 4.69) is 26.0 Å². The number of carboxylic acids is 1. The molecule has 31 heavy (non-hydrogen) atoms. The molecule has 4 heteroatoms. The molecule has 162 valence electrons. The molecule has 3 rings (SSSR count). The number of aromatic carboxylic acids is 1. The van der Waals surface area contributed by atoms with Crippen molar-refractivity contribution in [2.75, 3.05) is 6.61 Å². The van der Waals surface area contributed by atoms with Crippen LogP contribution in [0.1, 0.15) is 72.0 Å². The molecule has 0 heterocycles. The van der Waals surface area contributed by atoms with E-state index in [1.165, 1.54) is 11.6 Å². The van der Waals surface area contributed by atoms with Gasteiger partial charge in [0.15, 0.2) is 0 Å². The first-order valence-electron chi connectivity index (χ1n) is 10.8. The van der Waals surface area contributed by atoms with Crippen molar-refractivity contribution in [2.24, 2.45) is 0 Å². The first-order chi connectivity index (χ1) is 15.0. The van der Waals surface area contributed by atoms with E-state index in [1.54, 1.807) is 6.07 Å². The number of aromatic hydroxyl groups is 1. The van der Waals surface area contributed by atoms with E-state index in [4.69, 9.17) is 4.74 Å². The topological polar surface area (TPSA) is 66.8 Å². The Hall–Kier alpha value is -3.27. The maximum Gasteiger partial charge on any atom is 0.339 e. The highest BCUT2D eigenvalue weighted by Crippen LogP contribution is 2.42. The fourth-order valence-electron chi connectivity index (χ4n) is 3.87. The predicted octanol–water partition coefficient (Wildman–Crippen LogP) is 6.60. The second-order valence-corrected chi connectivity index (χ2v) is 7.93. The van der Waals surface area contributed by atoms with Gasteiger partial charge in [-0.2, -0.15) is 0 Å². The van der Waals surface area contributed by atoms with Crippen LogP contribution in [0.3, 0.4) is 0 Å². The van der Waals surface area contributed by atoms with E-state index in [0.717, 1.165) is 24.8 Å². The van der Waals surface area contributed by atoms with Gasteiger partial charge in [-0.3, -0.25) is 0 Å². The van der Waals surface area contributed by atoms with Gasteiger partial charge in [-0.05, 0) is 42.0 Å². The van der Waals surface area contributed by atoms with E-state index in [9.17, 15) is 15.0 Å². The molecular formula is C27H30O4. The van der Waals surface area contributed by atoms with Crippen molar-refractivity contribution in [3.8, 4) is 11.5 Å². The van der Waals surface area contributed by atoms with Crippen molar-refractivity contribution >= 4 is 5.97 Å². The minimum absolute atomic E-state index is 0.128. The molecule has 0 aliphatic carbocycles. The average molecular weight is 419 g/mol. The molecule has 2 unspecified atom stereocenters. The summed E-state index contributed by atoms with van der Waals surface area (Å²) in [5.74, 6) is -0.841. The molecular weight excluding hydrogens is 388 g/mol. The van der Waals surface area contributed by atoms with E-state index in [1.807, 2.05) is 48.5 Å². The van der Waals surface area contributed by atoms with Crippen LogP contribution in [0.25, 0.3) is 0 Å². The molecule has 3 aromatic rings. The van der Waals surface area contributed by atoms with Crippen molar-refractivity contribution < 1.29 is 19.7 Å². The molecule has 0 radical (unpaired) electrons. The van der Waals surface area contributed by atoms with E-state index >= 15 is 0 Å². The van der Waals surface area contributed by atoms with Crippen LogP contribution in [0, 0.1) is 0 Å². The number of hydrogen-bond acceptors (Lipinski definition) is 3. The molecule has 0 saturated carbocycles. The van der Waals surface area contributed by atoms with Crippen molar-refractivity contribution in [1.82, 2.24) is 0 Å². The summed E-state index contributed by atoms with van der Waals surface area (Å²) >= 11 is 0. The summed E-state index contributed by atoms with van der Waals surface area (Å²) in [7, 11) is 0. The van der Waals surface area contributed by atoms with Crippen LogP contribution in [-0.4, -0.2) is 22.8 Å². The van der Waals surface area contributed by atoms with Crippen LogP contribution in [-0.2, 0) is 0 Å². The number of carboxylic acid groups (broad SMARTS) is 1. The number of phenols is 1. The van der Waals surface area contributed by atoms with Gasteiger partial charge in [0, 0.05) is 11.5 Å². The number of rotatable bonds is 10. The fourth-order valence-corrected chi connectivity index (χ4v) is 3.87. The lowest BCUT2D eigenvalue weighted by Crippen LogP contribution is -2.10. The average Bonchev–Trinajstić information content (AvgIpc) is 2.79. The summed E-state index contributed by atoms with van der Waals surface area (Å²) in [5.41, 5.74) is 2.69. The van der Waals surface area contributed by atoms with Crippen molar-refractivity contribution in [3.63, 3.8) is 0 Å². The standard InChI is InChI=1S/C27H30O4/c1-3-4-15-31-22-17-24(26(28)25(18-22)27(29)30)23(21-13-9-6-10-14-21)16-19(2)20-11-7-5-8-12-20/h5-14,17-19,23,28H,3-4,15-16H2,1-2H3,(H,29,30). The Morgan fingerprint density at radius 3 is 2.16 bits per heavy atom. The minimum Gasteiger partial charge on any atom is -0.507 e. The zero-order valence-electron chi connectivity index (χ0n) is 18.1. The highest BCUT2D eigenvalue weighted by molar-refractivity contribution is 5.92. The van der Waals surface area contributed by atoms with Crippen molar-refractivity contribution in [2.45, 2.75) is 44.9 Å². The van der Waals surface area contributed by atoms with Crippen LogP contribution < -0.4 is 4.74 Å². The Labute approximate surface area is 184 Å². The third-order valence-electron chi connectivity index (χ3n) is 5.65. The van der Waals surface area contributed by atoms with Gasteiger partial charge >= 0.3 is 5.97 Å². The first-order valence-corrected chi connectivity index (χ1v) is 10.8. The van der Waals surface area contributed by atoms with Gasteiger partial charge in [0.1, 0.15) is 17.1 Å². The van der Waals surface area contributed by atoms with Crippen molar-refractivity contribution in [3.05, 3.63) is 95.1 Å². The number of ether oxygens (including phenoxy) is 1. The van der Waals surface area contributed by atoms with E-state index in [0.29, 0.717) is 17.9 Å². The molecule has 0 spiro atoms. The molecule has 3 aromatic carbocycles. The maximum absolute atomic E-state index is 11.8. The van der Waals surface area contributed by atoms with Gasteiger partial charge in [0.2, 0.25) is 0 Å². The predicted molar refractivity (Wildman–Crippen MR) is 123 cm³/mol. The molecule has 0 amide bonds. The lowest BCUT2D eigenvalue weighted by Gasteiger charge is -2.24. The zero-order valence-corrected chi connectivity index (χ0v) is 18.1. The first kappa shape index (κ1) is 22.4. The van der Waals surface area contributed by atoms with Gasteiger partial charge in [0.25, 0.3) is 0 Å². The molecule has 2 atom stereocenters. The Morgan fingerprint density at radius 2 is 1.58 bits per heavy atom. The normalized spacial score (nSPS) is 12.8. The molecule has 0 saturated heterocycles. The Morgan fingerprint density at radius 1 is 0.968 bits per heavy atom. The maximum atomic E-state index is 11.8. The number of unbranched alkanes of at least 4 members (excludes halogenated alkanes) is 1. The molecule has 0 fully saturated rings. The van der Waals surface area contributed by atoms with E-state index < -0.39 is 5.97 Å². The fraction of sp³-hybridized carbons (Fsp3) is 0.296. The Balaban J connectivity index is 2.06. The van der Waals surface area contributed by atoms with Gasteiger partial charge < -0.3 is 14.9 Å². The second kappa shape index (κ2) is 10.7.